The molecule has 22 heavy (non-hydrogen) atoms. The molecule has 1 heterocycles. The molecule has 0 bridgehead atoms. The quantitative estimate of drug-likeness (QED) is 0.627. The van der Waals surface area contributed by atoms with Crippen LogP contribution in [0.25, 0.3) is 0 Å². The molecule has 0 spiro atoms. The molecule has 2 N–H and O–H groups in total. The van der Waals surface area contributed by atoms with E-state index in [4.69, 9.17) is 0 Å². The molecule has 0 aliphatic heterocycles. The summed E-state index contributed by atoms with van der Waals surface area (Å²) in [6, 6.07) is 0. The van der Waals surface area contributed by atoms with E-state index >= 15 is 0 Å². The largest absolute Gasteiger partial charge is 0.388 e. The SMILES string of the molecule is Cc1nn(CC(=O)NCC2(O)CCCCC2)c(C)c1[N+](=O)[O-]. The highest BCUT2D eigenvalue weighted by Gasteiger charge is 2.29. The Hall–Kier alpha value is -1.96. The Morgan fingerprint density at radius 2 is 2.05 bits per heavy atom. The molecule has 1 aromatic heterocycles. The first kappa shape index (κ1) is 16.4. The van der Waals surface area contributed by atoms with Crippen LogP contribution in [0, 0.1) is 24.0 Å². The van der Waals surface area contributed by atoms with E-state index in [-0.39, 0.29) is 24.7 Å². The summed E-state index contributed by atoms with van der Waals surface area (Å²) in [5.74, 6) is -0.306. The Labute approximate surface area is 128 Å². The van der Waals surface area contributed by atoms with Crippen molar-refractivity contribution in [2.75, 3.05) is 6.54 Å². The van der Waals surface area contributed by atoms with Gasteiger partial charge < -0.3 is 10.4 Å². The molecule has 0 unspecified atom stereocenters. The fraction of sp³-hybridized carbons (Fsp3) is 0.714. The Kier molecular flexibility index (Phi) is 4.80. The van der Waals surface area contributed by atoms with Crippen molar-refractivity contribution in [1.29, 1.82) is 0 Å². The van der Waals surface area contributed by atoms with Gasteiger partial charge in [-0.2, -0.15) is 5.10 Å². The van der Waals surface area contributed by atoms with Crippen molar-refractivity contribution < 1.29 is 14.8 Å². The number of carbonyl (C=O) groups is 1. The average Bonchev–Trinajstić information content (AvgIpc) is 2.72. The highest BCUT2D eigenvalue weighted by molar-refractivity contribution is 5.76. The monoisotopic (exact) mass is 310 g/mol. The third-order valence-electron chi connectivity index (χ3n) is 4.22. The normalized spacial score (nSPS) is 17.2. The second kappa shape index (κ2) is 6.43. The topological polar surface area (TPSA) is 110 Å². The molecule has 0 aromatic carbocycles. The van der Waals surface area contributed by atoms with E-state index in [0.717, 1.165) is 19.3 Å². The Morgan fingerprint density at radius 3 is 2.59 bits per heavy atom. The predicted molar refractivity (Wildman–Crippen MR) is 79.4 cm³/mol. The standard InChI is InChI=1S/C14H22N4O4/c1-10-13(18(21)22)11(2)17(16-10)8-12(19)15-9-14(20)6-4-3-5-7-14/h20H,3-9H2,1-2H3,(H,15,19). The highest BCUT2D eigenvalue weighted by atomic mass is 16.6. The third kappa shape index (κ3) is 3.62. The minimum Gasteiger partial charge on any atom is -0.388 e. The predicted octanol–water partition coefficient (Wildman–Crippen LogP) is 1.22. The van der Waals surface area contributed by atoms with Gasteiger partial charge in [0, 0.05) is 6.54 Å². The van der Waals surface area contributed by atoms with Crippen LogP contribution in [0.4, 0.5) is 5.69 Å². The second-order valence-corrected chi connectivity index (χ2v) is 6.00. The first-order chi connectivity index (χ1) is 10.3. The van der Waals surface area contributed by atoms with Crippen molar-refractivity contribution in [3.05, 3.63) is 21.5 Å². The van der Waals surface area contributed by atoms with Gasteiger partial charge in [-0.1, -0.05) is 19.3 Å². The molecule has 8 nitrogen and oxygen atoms in total. The van der Waals surface area contributed by atoms with E-state index in [1.165, 1.54) is 4.68 Å². The van der Waals surface area contributed by atoms with Gasteiger partial charge in [-0.05, 0) is 26.7 Å². The van der Waals surface area contributed by atoms with Crippen LogP contribution in [0.15, 0.2) is 0 Å². The number of nitrogens with one attached hydrogen (secondary N) is 1. The molecule has 0 radical (unpaired) electrons. The van der Waals surface area contributed by atoms with Gasteiger partial charge in [-0.3, -0.25) is 19.6 Å². The molecule has 1 aliphatic carbocycles. The van der Waals surface area contributed by atoms with Crippen LogP contribution < -0.4 is 5.32 Å². The lowest BCUT2D eigenvalue weighted by Gasteiger charge is -2.32. The Balaban J connectivity index is 1.95. The number of rotatable bonds is 5. The van der Waals surface area contributed by atoms with Gasteiger partial charge in [0.25, 0.3) is 0 Å². The average molecular weight is 310 g/mol. The first-order valence-electron chi connectivity index (χ1n) is 7.50. The van der Waals surface area contributed by atoms with Crippen molar-refractivity contribution in [2.45, 2.75) is 58.1 Å². The Morgan fingerprint density at radius 1 is 1.41 bits per heavy atom. The molecule has 1 saturated carbocycles. The third-order valence-corrected chi connectivity index (χ3v) is 4.22. The van der Waals surface area contributed by atoms with E-state index in [1.54, 1.807) is 13.8 Å². The van der Waals surface area contributed by atoms with E-state index in [9.17, 15) is 20.0 Å². The summed E-state index contributed by atoms with van der Waals surface area (Å²) in [6.07, 6.45) is 4.44. The molecular formula is C14H22N4O4. The van der Waals surface area contributed by atoms with Crippen LogP contribution in [0.2, 0.25) is 0 Å². The van der Waals surface area contributed by atoms with Crippen LogP contribution >= 0.6 is 0 Å². The van der Waals surface area contributed by atoms with Gasteiger partial charge >= 0.3 is 5.69 Å². The van der Waals surface area contributed by atoms with Crippen LogP contribution in [0.5, 0.6) is 0 Å². The van der Waals surface area contributed by atoms with E-state index in [1.807, 2.05) is 0 Å². The number of carbonyl (C=O) groups excluding carboxylic acids is 1. The number of aromatic nitrogens is 2. The van der Waals surface area contributed by atoms with Gasteiger partial charge in [0.2, 0.25) is 5.91 Å². The van der Waals surface area contributed by atoms with Crippen molar-refractivity contribution in [3.63, 3.8) is 0 Å². The zero-order valence-electron chi connectivity index (χ0n) is 13.0. The lowest BCUT2D eigenvalue weighted by molar-refractivity contribution is -0.386. The fourth-order valence-electron chi connectivity index (χ4n) is 2.95. The van der Waals surface area contributed by atoms with E-state index < -0.39 is 10.5 Å². The van der Waals surface area contributed by atoms with Crippen molar-refractivity contribution in [1.82, 2.24) is 15.1 Å². The van der Waals surface area contributed by atoms with Crippen molar-refractivity contribution >= 4 is 11.6 Å². The number of hydrogen-bond donors (Lipinski definition) is 2. The number of hydrogen-bond acceptors (Lipinski definition) is 5. The molecular weight excluding hydrogens is 288 g/mol. The minimum atomic E-state index is -0.824. The van der Waals surface area contributed by atoms with Crippen molar-refractivity contribution in [3.8, 4) is 0 Å². The number of nitrogens with zero attached hydrogens (tertiary/aromatic N) is 3. The maximum absolute atomic E-state index is 12.0. The molecule has 1 fully saturated rings. The molecule has 1 aliphatic rings. The van der Waals surface area contributed by atoms with Gasteiger partial charge in [0.1, 0.15) is 17.9 Å². The van der Waals surface area contributed by atoms with E-state index in [2.05, 4.69) is 10.4 Å². The summed E-state index contributed by atoms with van der Waals surface area (Å²) < 4.78 is 1.33. The van der Waals surface area contributed by atoms with E-state index in [0.29, 0.717) is 24.2 Å². The molecule has 0 saturated heterocycles. The smallest absolute Gasteiger partial charge is 0.312 e. The number of aliphatic hydroxyl groups is 1. The zero-order chi connectivity index (χ0) is 16.3. The van der Waals surface area contributed by atoms with Crippen molar-refractivity contribution in [2.24, 2.45) is 0 Å². The number of nitro groups is 1. The molecule has 8 heteroatoms. The lowest BCUT2D eigenvalue weighted by atomic mass is 9.85. The summed E-state index contributed by atoms with van der Waals surface area (Å²) in [6.45, 7) is 3.24. The summed E-state index contributed by atoms with van der Waals surface area (Å²) >= 11 is 0. The highest BCUT2D eigenvalue weighted by Crippen LogP contribution is 2.27. The van der Waals surface area contributed by atoms with Crippen LogP contribution in [-0.4, -0.2) is 37.9 Å². The first-order valence-corrected chi connectivity index (χ1v) is 7.50. The summed E-state index contributed by atoms with van der Waals surface area (Å²) in [7, 11) is 0. The van der Waals surface area contributed by atoms with Crippen LogP contribution in [0.1, 0.15) is 43.5 Å². The molecule has 1 amide bonds. The van der Waals surface area contributed by atoms with Gasteiger partial charge in [0.15, 0.2) is 0 Å². The minimum absolute atomic E-state index is 0.0568. The fourth-order valence-corrected chi connectivity index (χ4v) is 2.95. The summed E-state index contributed by atoms with van der Waals surface area (Å²) in [5, 5.41) is 28.0. The molecule has 2 rings (SSSR count). The second-order valence-electron chi connectivity index (χ2n) is 6.00. The summed E-state index contributed by atoms with van der Waals surface area (Å²) in [5.41, 5.74) is -0.233. The van der Waals surface area contributed by atoms with Crippen LogP contribution in [0.3, 0.4) is 0 Å². The van der Waals surface area contributed by atoms with Gasteiger partial charge in [-0.15, -0.1) is 0 Å². The van der Waals surface area contributed by atoms with Gasteiger partial charge in [-0.25, -0.2) is 0 Å². The Bertz CT molecular complexity index is 576. The molecule has 122 valence electrons. The van der Waals surface area contributed by atoms with Crippen LogP contribution in [-0.2, 0) is 11.3 Å². The maximum Gasteiger partial charge on any atom is 0.312 e. The number of amides is 1. The molecule has 1 aromatic rings. The van der Waals surface area contributed by atoms with Gasteiger partial charge in [0.05, 0.1) is 10.5 Å². The number of aryl methyl sites for hydroxylation is 1. The maximum atomic E-state index is 12.0. The summed E-state index contributed by atoms with van der Waals surface area (Å²) in [4.78, 5) is 22.4. The zero-order valence-corrected chi connectivity index (χ0v) is 13.0. The molecule has 0 atom stereocenters. The lowest BCUT2D eigenvalue weighted by Crippen LogP contribution is -2.45.